The molecule has 1 aromatic rings. The lowest BCUT2D eigenvalue weighted by Crippen LogP contribution is -2.41. The van der Waals surface area contributed by atoms with Crippen LogP contribution in [0.3, 0.4) is 0 Å². The maximum atomic E-state index is 11.3. The van der Waals surface area contributed by atoms with Crippen LogP contribution in [0.2, 0.25) is 0 Å². The molecule has 0 atom stereocenters. The largest absolute Gasteiger partial charge is 0.381 e. The Bertz CT molecular complexity index is 325. The molecule has 1 amide bonds. The third-order valence-electron chi connectivity index (χ3n) is 1.91. The lowest BCUT2D eigenvalue weighted by Gasteiger charge is -2.16. The summed E-state index contributed by atoms with van der Waals surface area (Å²) >= 11 is 0. The molecule has 0 spiro atoms. The maximum Gasteiger partial charge on any atom is 0.251 e. The van der Waals surface area contributed by atoms with Crippen LogP contribution < -0.4 is 5.32 Å². The van der Waals surface area contributed by atoms with E-state index in [1.165, 1.54) is 13.8 Å². The topological polar surface area (TPSA) is 67.2 Å². The Morgan fingerprint density at radius 1 is 1.71 bits per heavy atom. The van der Waals surface area contributed by atoms with Crippen molar-refractivity contribution in [3.8, 4) is 0 Å². The van der Waals surface area contributed by atoms with Gasteiger partial charge in [0.25, 0.3) is 5.91 Å². The Labute approximate surface area is 82.7 Å². The van der Waals surface area contributed by atoms with E-state index in [0.717, 1.165) is 5.69 Å². The molecule has 0 radical (unpaired) electrons. The van der Waals surface area contributed by atoms with Crippen molar-refractivity contribution in [2.75, 3.05) is 0 Å². The fraction of sp³-hybridized carbons (Fsp3) is 0.556. The fourth-order valence-electron chi connectivity index (χ4n) is 0.962. The van der Waals surface area contributed by atoms with Crippen molar-refractivity contribution in [2.45, 2.75) is 26.0 Å². The van der Waals surface area contributed by atoms with E-state index < -0.39 is 11.5 Å². The number of hydrogen-bond acceptors (Lipinski definition) is 3. The average Bonchev–Trinajstić information content (AvgIpc) is 2.45. The highest BCUT2D eigenvalue weighted by Gasteiger charge is 2.23. The van der Waals surface area contributed by atoms with Gasteiger partial charge in [-0.05, 0) is 19.9 Å². The van der Waals surface area contributed by atoms with Gasteiger partial charge in [0.1, 0.15) is 5.60 Å². The quantitative estimate of drug-likeness (QED) is 0.705. The molecule has 0 saturated heterocycles. The van der Waals surface area contributed by atoms with Crippen molar-refractivity contribution in [3.63, 3.8) is 0 Å². The average molecular weight is 197 g/mol. The number of carbonyl (C=O) groups excluding carboxylic acids is 1. The van der Waals surface area contributed by atoms with E-state index in [1.807, 2.05) is 6.07 Å². The first-order valence-electron chi connectivity index (χ1n) is 4.39. The van der Waals surface area contributed by atoms with Gasteiger partial charge in [-0.1, -0.05) is 0 Å². The van der Waals surface area contributed by atoms with Gasteiger partial charge in [-0.3, -0.25) is 9.48 Å². The van der Waals surface area contributed by atoms with E-state index in [-0.39, 0.29) is 0 Å². The number of rotatable bonds is 3. The van der Waals surface area contributed by atoms with E-state index in [1.54, 1.807) is 17.9 Å². The van der Waals surface area contributed by atoms with Gasteiger partial charge in [-0.25, -0.2) is 0 Å². The van der Waals surface area contributed by atoms with Crippen LogP contribution in [-0.4, -0.2) is 26.4 Å². The van der Waals surface area contributed by atoms with Crippen LogP contribution in [0.25, 0.3) is 0 Å². The van der Waals surface area contributed by atoms with Crippen molar-refractivity contribution < 1.29 is 9.90 Å². The van der Waals surface area contributed by atoms with Gasteiger partial charge in [0, 0.05) is 13.2 Å². The number of hydrogen-bond donors (Lipinski definition) is 2. The van der Waals surface area contributed by atoms with E-state index in [9.17, 15) is 9.90 Å². The number of aryl methyl sites for hydroxylation is 1. The third-order valence-corrected chi connectivity index (χ3v) is 1.91. The van der Waals surface area contributed by atoms with Crippen LogP contribution in [0.5, 0.6) is 0 Å². The van der Waals surface area contributed by atoms with Crippen molar-refractivity contribution >= 4 is 5.91 Å². The number of amides is 1. The van der Waals surface area contributed by atoms with Crippen molar-refractivity contribution in [1.29, 1.82) is 0 Å². The Kier molecular flexibility index (Phi) is 2.90. The maximum absolute atomic E-state index is 11.3. The molecule has 0 aliphatic heterocycles. The molecule has 0 aromatic carbocycles. The minimum Gasteiger partial charge on any atom is -0.381 e. The van der Waals surface area contributed by atoms with Crippen molar-refractivity contribution in [1.82, 2.24) is 15.1 Å². The molecule has 0 aliphatic carbocycles. The SMILES string of the molecule is Cn1nccc1CNC(=O)C(C)(C)O. The van der Waals surface area contributed by atoms with E-state index in [4.69, 9.17) is 0 Å². The Balaban J connectivity index is 2.50. The van der Waals surface area contributed by atoms with Gasteiger partial charge in [0.15, 0.2) is 0 Å². The molecule has 5 heteroatoms. The molecule has 1 aromatic heterocycles. The highest BCUT2D eigenvalue weighted by molar-refractivity contribution is 5.83. The molecule has 14 heavy (non-hydrogen) atoms. The highest BCUT2D eigenvalue weighted by atomic mass is 16.3. The number of aliphatic hydroxyl groups is 1. The summed E-state index contributed by atoms with van der Waals surface area (Å²) in [5.41, 5.74) is -0.443. The van der Waals surface area contributed by atoms with Gasteiger partial charge >= 0.3 is 0 Å². The molecule has 78 valence electrons. The fourth-order valence-corrected chi connectivity index (χ4v) is 0.962. The second kappa shape index (κ2) is 3.79. The smallest absolute Gasteiger partial charge is 0.251 e. The van der Waals surface area contributed by atoms with Crippen LogP contribution in [0.4, 0.5) is 0 Å². The monoisotopic (exact) mass is 197 g/mol. The van der Waals surface area contributed by atoms with E-state index >= 15 is 0 Å². The summed E-state index contributed by atoms with van der Waals surface area (Å²) in [4.78, 5) is 11.3. The summed E-state index contributed by atoms with van der Waals surface area (Å²) < 4.78 is 1.67. The molecule has 0 fully saturated rings. The van der Waals surface area contributed by atoms with Crippen LogP contribution in [0.1, 0.15) is 19.5 Å². The predicted molar refractivity (Wildman–Crippen MR) is 51.4 cm³/mol. The molecule has 1 heterocycles. The minimum atomic E-state index is -1.33. The summed E-state index contributed by atoms with van der Waals surface area (Å²) in [5, 5.41) is 15.9. The van der Waals surface area contributed by atoms with Crippen LogP contribution in [-0.2, 0) is 18.4 Å². The first-order valence-corrected chi connectivity index (χ1v) is 4.39. The molecule has 5 nitrogen and oxygen atoms in total. The van der Waals surface area contributed by atoms with E-state index in [0.29, 0.717) is 6.54 Å². The van der Waals surface area contributed by atoms with Crippen LogP contribution in [0.15, 0.2) is 12.3 Å². The minimum absolute atomic E-state index is 0.374. The summed E-state index contributed by atoms with van der Waals surface area (Å²) in [6.07, 6.45) is 1.66. The molecule has 0 bridgehead atoms. The van der Waals surface area contributed by atoms with Crippen molar-refractivity contribution in [2.24, 2.45) is 7.05 Å². The molecule has 1 rings (SSSR count). The van der Waals surface area contributed by atoms with Crippen molar-refractivity contribution in [3.05, 3.63) is 18.0 Å². The lowest BCUT2D eigenvalue weighted by atomic mass is 10.1. The number of aromatic nitrogens is 2. The lowest BCUT2D eigenvalue weighted by molar-refractivity contribution is -0.136. The second-order valence-corrected chi connectivity index (χ2v) is 3.69. The standard InChI is InChI=1S/C9H15N3O2/c1-9(2,14)8(13)10-6-7-4-5-11-12(7)3/h4-5,14H,6H2,1-3H3,(H,10,13). The summed E-state index contributed by atoms with van der Waals surface area (Å²) in [5.74, 6) is -0.390. The zero-order valence-corrected chi connectivity index (χ0v) is 8.61. The summed E-state index contributed by atoms with van der Waals surface area (Å²) in [6, 6.07) is 1.81. The first kappa shape index (κ1) is 10.7. The van der Waals surface area contributed by atoms with Gasteiger partial charge in [0.05, 0.1) is 12.2 Å². The first-order chi connectivity index (χ1) is 6.41. The number of carbonyl (C=O) groups is 1. The van der Waals surface area contributed by atoms with Gasteiger partial charge in [-0.2, -0.15) is 5.10 Å². The molecular weight excluding hydrogens is 182 g/mol. The number of nitrogens with one attached hydrogen (secondary N) is 1. The summed E-state index contributed by atoms with van der Waals surface area (Å²) in [7, 11) is 1.80. The van der Waals surface area contributed by atoms with Crippen LogP contribution in [0, 0.1) is 0 Å². The highest BCUT2D eigenvalue weighted by Crippen LogP contribution is 2.01. The van der Waals surface area contributed by atoms with Gasteiger partial charge < -0.3 is 10.4 Å². The van der Waals surface area contributed by atoms with Crippen LogP contribution >= 0.6 is 0 Å². The van der Waals surface area contributed by atoms with Gasteiger partial charge in [0.2, 0.25) is 0 Å². The van der Waals surface area contributed by atoms with E-state index in [2.05, 4.69) is 10.4 Å². The molecule has 0 aliphatic rings. The molecule has 0 saturated carbocycles. The Morgan fingerprint density at radius 3 is 2.79 bits per heavy atom. The third kappa shape index (κ3) is 2.56. The second-order valence-electron chi connectivity index (χ2n) is 3.69. The Morgan fingerprint density at radius 2 is 2.36 bits per heavy atom. The van der Waals surface area contributed by atoms with Gasteiger partial charge in [-0.15, -0.1) is 0 Å². The normalized spacial score (nSPS) is 11.4. The summed E-state index contributed by atoms with van der Waals surface area (Å²) in [6.45, 7) is 3.27. The zero-order valence-electron chi connectivity index (χ0n) is 8.61. The Hall–Kier alpha value is -1.36. The zero-order chi connectivity index (χ0) is 10.8. The molecule has 0 unspecified atom stereocenters. The predicted octanol–water partition coefficient (Wildman–Crippen LogP) is -0.193. The molecular formula is C9H15N3O2. The molecule has 2 N–H and O–H groups in total. The number of nitrogens with zero attached hydrogens (tertiary/aromatic N) is 2.